The van der Waals surface area contributed by atoms with E-state index in [1.54, 1.807) is 7.05 Å². The van der Waals surface area contributed by atoms with Gasteiger partial charge in [-0.05, 0) is 17.5 Å². The Kier molecular flexibility index (Phi) is 2.67. The number of imide groups is 1. The molecule has 0 fully saturated rings. The molecule has 4 rings (SSSR count). The second-order valence-corrected chi connectivity index (χ2v) is 7.25. The Labute approximate surface area is 135 Å². The molecule has 5 nitrogen and oxygen atoms in total. The van der Waals surface area contributed by atoms with Crippen LogP contribution in [0.2, 0.25) is 0 Å². The molecule has 0 aliphatic carbocycles. The van der Waals surface area contributed by atoms with Gasteiger partial charge < -0.3 is 9.38 Å². The van der Waals surface area contributed by atoms with Crippen molar-refractivity contribution >= 4 is 28.3 Å². The van der Waals surface area contributed by atoms with E-state index >= 15 is 0 Å². The van der Waals surface area contributed by atoms with Crippen LogP contribution in [0.5, 0.6) is 0 Å². The van der Waals surface area contributed by atoms with Gasteiger partial charge in [-0.2, -0.15) is 0 Å². The molecule has 118 valence electrons. The third kappa shape index (κ3) is 1.83. The number of quaternary nitrogens is 1. The van der Waals surface area contributed by atoms with Gasteiger partial charge in [0.1, 0.15) is 6.54 Å². The van der Waals surface area contributed by atoms with Gasteiger partial charge in [-0.1, -0.05) is 12.1 Å². The maximum Gasteiger partial charge on any atom is 0.261 e. The molecule has 0 saturated carbocycles. The summed E-state index contributed by atoms with van der Waals surface area (Å²) in [6.07, 6.45) is 0. The van der Waals surface area contributed by atoms with Crippen molar-refractivity contribution in [3.05, 3.63) is 41.0 Å². The molecule has 2 heterocycles. The van der Waals surface area contributed by atoms with Crippen molar-refractivity contribution in [3.63, 3.8) is 0 Å². The van der Waals surface area contributed by atoms with Gasteiger partial charge in [0.15, 0.2) is 6.67 Å². The summed E-state index contributed by atoms with van der Waals surface area (Å²) in [7, 11) is 8.00. The largest absolute Gasteiger partial charge is 0.328 e. The summed E-state index contributed by atoms with van der Waals surface area (Å²) in [5, 5.41) is 1.84. The molecule has 0 bridgehead atoms. The third-order valence-electron chi connectivity index (χ3n) is 4.91. The Morgan fingerprint density at radius 2 is 1.74 bits per heavy atom. The molecular formula is C18H20N3O2+. The Bertz CT molecular complexity index is 885. The molecule has 5 heteroatoms. The van der Waals surface area contributed by atoms with Crippen LogP contribution < -0.4 is 4.90 Å². The third-order valence-corrected chi connectivity index (χ3v) is 4.91. The zero-order valence-electron chi connectivity index (χ0n) is 13.9. The molecule has 0 saturated heterocycles. The second-order valence-electron chi connectivity index (χ2n) is 7.25. The van der Waals surface area contributed by atoms with Crippen LogP contribution in [0.15, 0.2) is 24.3 Å². The highest BCUT2D eigenvalue weighted by atomic mass is 16.2. The summed E-state index contributed by atoms with van der Waals surface area (Å²) < 4.78 is 0.851. The SMILES string of the molecule is CN1C(=O)c2cccc3c4c(cc(c23)C1=O)N(C)C[N+](C)(C)C4. The average molecular weight is 310 g/mol. The molecule has 0 unspecified atom stereocenters. The molecular weight excluding hydrogens is 290 g/mol. The summed E-state index contributed by atoms with van der Waals surface area (Å²) in [4.78, 5) is 28.5. The quantitative estimate of drug-likeness (QED) is 0.552. The van der Waals surface area contributed by atoms with Crippen molar-refractivity contribution in [1.29, 1.82) is 0 Å². The number of nitrogens with zero attached hydrogens (tertiary/aromatic N) is 3. The predicted molar refractivity (Wildman–Crippen MR) is 89.5 cm³/mol. The van der Waals surface area contributed by atoms with Crippen LogP contribution >= 0.6 is 0 Å². The van der Waals surface area contributed by atoms with E-state index in [1.165, 1.54) is 10.5 Å². The summed E-state index contributed by atoms with van der Waals surface area (Å²) in [6.45, 7) is 1.78. The maximum absolute atomic E-state index is 12.6. The molecule has 2 aliphatic rings. The van der Waals surface area contributed by atoms with Gasteiger partial charge in [-0.3, -0.25) is 14.5 Å². The van der Waals surface area contributed by atoms with Crippen LogP contribution in [0, 0.1) is 0 Å². The van der Waals surface area contributed by atoms with Crippen LogP contribution in [0.25, 0.3) is 10.8 Å². The minimum absolute atomic E-state index is 0.214. The molecule has 0 spiro atoms. The van der Waals surface area contributed by atoms with Crippen molar-refractivity contribution in [2.24, 2.45) is 0 Å². The highest BCUT2D eigenvalue weighted by molar-refractivity contribution is 6.26. The first-order chi connectivity index (χ1) is 10.8. The lowest BCUT2D eigenvalue weighted by Gasteiger charge is -2.41. The van der Waals surface area contributed by atoms with E-state index in [4.69, 9.17) is 0 Å². The number of amides is 2. The number of hydrogen-bond acceptors (Lipinski definition) is 3. The summed E-state index contributed by atoms with van der Waals surface area (Å²) in [5.74, 6) is -0.430. The fourth-order valence-corrected chi connectivity index (χ4v) is 3.96. The van der Waals surface area contributed by atoms with Crippen molar-refractivity contribution in [2.75, 3.05) is 39.8 Å². The molecule has 0 N–H and O–H groups in total. The minimum Gasteiger partial charge on any atom is -0.328 e. The molecule has 23 heavy (non-hydrogen) atoms. The number of carbonyl (C=O) groups is 2. The lowest BCUT2D eigenvalue weighted by molar-refractivity contribution is -0.904. The number of rotatable bonds is 0. The van der Waals surface area contributed by atoms with Crippen LogP contribution in [-0.4, -0.2) is 56.1 Å². The summed E-state index contributed by atoms with van der Waals surface area (Å²) >= 11 is 0. The highest BCUT2D eigenvalue weighted by Crippen LogP contribution is 2.40. The average Bonchev–Trinajstić information content (AvgIpc) is 2.49. The van der Waals surface area contributed by atoms with E-state index in [-0.39, 0.29) is 11.8 Å². The first-order valence-electron chi connectivity index (χ1n) is 7.74. The monoisotopic (exact) mass is 310 g/mol. The fraction of sp³-hybridized carbons (Fsp3) is 0.333. The molecule has 0 radical (unpaired) electrons. The van der Waals surface area contributed by atoms with E-state index in [9.17, 15) is 9.59 Å². The van der Waals surface area contributed by atoms with E-state index in [0.717, 1.165) is 34.2 Å². The Balaban J connectivity index is 2.13. The van der Waals surface area contributed by atoms with Gasteiger partial charge in [-0.25, -0.2) is 0 Å². The fourth-order valence-electron chi connectivity index (χ4n) is 3.96. The summed E-state index contributed by atoms with van der Waals surface area (Å²) in [5.41, 5.74) is 3.57. The topological polar surface area (TPSA) is 40.6 Å². The standard InChI is InChI=1S/C18H20N3O2/c1-19-10-21(3,4)9-14-11-6-5-7-12-16(11)13(8-15(14)19)18(23)20(2)17(12)22/h5-8H,9-10H2,1-4H3/q+1. The normalized spacial score (nSPS) is 19.3. The number of hydrogen-bond donors (Lipinski definition) is 0. The highest BCUT2D eigenvalue weighted by Gasteiger charge is 2.35. The Morgan fingerprint density at radius 3 is 2.48 bits per heavy atom. The minimum atomic E-state index is -0.217. The Hall–Kier alpha value is -2.40. The van der Waals surface area contributed by atoms with Crippen molar-refractivity contribution in [1.82, 2.24) is 4.90 Å². The molecule has 0 atom stereocenters. The molecule has 0 aromatic heterocycles. The van der Waals surface area contributed by atoms with E-state index < -0.39 is 0 Å². The van der Waals surface area contributed by atoms with E-state index in [1.807, 2.05) is 24.3 Å². The van der Waals surface area contributed by atoms with Gasteiger partial charge in [0, 0.05) is 30.6 Å². The number of carbonyl (C=O) groups excluding carboxylic acids is 2. The second kappa shape index (κ2) is 4.32. The van der Waals surface area contributed by atoms with Crippen molar-refractivity contribution in [2.45, 2.75) is 6.54 Å². The van der Waals surface area contributed by atoms with Gasteiger partial charge in [0.25, 0.3) is 11.8 Å². The van der Waals surface area contributed by atoms with E-state index in [2.05, 4.69) is 26.0 Å². The smallest absolute Gasteiger partial charge is 0.261 e. The Morgan fingerprint density at radius 1 is 1.04 bits per heavy atom. The van der Waals surface area contributed by atoms with Gasteiger partial charge in [0.05, 0.1) is 25.3 Å². The molecule has 2 aromatic carbocycles. The molecule has 2 aliphatic heterocycles. The van der Waals surface area contributed by atoms with Gasteiger partial charge >= 0.3 is 0 Å². The van der Waals surface area contributed by atoms with Crippen LogP contribution in [0.4, 0.5) is 5.69 Å². The number of benzene rings is 2. The summed E-state index contributed by atoms with van der Waals surface area (Å²) in [6, 6.07) is 7.73. The lowest BCUT2D eigenvalue weighted by Crippen LogP contribution is -2.50. The van der Waals surface area contributed by atoms with Crippen LogP contribution in [0.3, 0.4) is 0 Å². The number of anilines is 1. The van der Waals surface area contributed by atoms with Gasteiger partial charge in [-0.15, -0.1) is 0 Å². The lowest BCUT2D eigenvalue weighted by atomic mass is 9.89. The first-order valence-corrected chi connectivity index (χ1v) is 7.74. The molecule has 2 amide bonds. The number of fused-ring (bicyclic) bond motifs is 2. The maximum atomic E-state index is 12.6. The zero-order valence-corrected chi connectivity index (χ0v) is 13.9. The van der Waals surface area contributed by atoms with Gasteiger partial charge in [0.2, 0.25) is 0 Å². The zero-order chi connectivity index (χ0) is 16.5. The van der Waals surface area contributed by atoms with Crippen LogP contribution in [-0.2, 0) is 6.54 Å². The van der Waals surface area contributed by atoms with Crippen LogP contribution in [0.1, 0.15) is 26.3 Å². The van der Waals surface area contributed by atoms with E-state index in [0.29, 0.717) is 11.1 Å². The van der Waals surface area contributed by atoms with Crippen molar-refractivity contribution in [3.8, 4) is 0 Å². The molecule has 2 aromatic rings. The van der Waals surface area contributed by atoms with Crippen molar-refractivity contribution < 1.29 is 14.1 Å². The predicted octanol–water partition coefficient (Wildman–Crippen LogP) is 2.05. The first kappa shape index (κ1) is 14.2.